The van der Waals surface area contributed by atoms with Gasteiger partial charge in [-0.2, -0.15) is 0 Å². The summed E-state index contributed by atoms with van der Waals surface area (Å²) in [4.78, 5) is 19.7. The van der Waals surface area contributed by atoms with Gasteiger partial charge in [0.05, 0.1) is 0 Å². The Morgan fingerprint density at radius 3 is 2.35 bits per heavy atom. The molecule has 0 fully saturated rings. The van der Waals surface area contributed by atoms with E-state index in [-0.39, 0.29) is 12.5 Å². The van der Waals surface area contributed by atoms with Gasteiger partial charge in [-0.15, -0.1) is 0 Å². The summed E-state index contributed by atoms with van der Waals surface area (Å²) < 4.78 is 0. The molecule has 1 atom stereocenters. The van der Waals surface area contributed by atoms with Crippen molar-refractivity contribution in [2.75, 3.05) is 47.3 Å². The van der Waals surface area contributed by atoms with Crippen LogP contribution in [0.25, 0.3) is 0 Å². The average molecular weight is 285 g/mol. The van der Waals surface area contributed by atoms with Gasteiger partial charge in [0.1, 0.15) is 6.54 Å². The fraction of sp³-hybridized carbons (Fsp3) is 0.857. The summed E-state index contributed by atoms with van der Waals surface area (Å²) >= 11 is 0. The molecular weight excluding hydrogens is 254 g/mol. The minimum atomic E-state index is -0.000994. The van der Waals surface area contributed by atoms with E-state index >= 15 is 0 Å². The molecular formula is C14H31N5O. The van der Waals surface area contributed by atoms with E-state index < -0.39 is 0 Å². The zero-order valence-electron chi connectivity index (χ0n) is 13.9. The molecule has 1 amide bonds. The molecule has 0 aromatic rings. The molecule has 0 saturated heterocycles. The highest BCUT2D eigenvalue weighted by Crippen LogP contribution is 1.97. The Balaban J connectivity index is 4.20. The highest BCUT2D eigenvalue weighted by molar-refractivity contribution is 5.84. The lowest BCUT2D eigenvalue weighted by Crippen LogP contribution is -2.43. The number of likely N-dealkylation sites (N-methyl/N-ethyl adjacent to an activating group) is 2. The van der Waals surface area contributed by atoms with Crippen molar-refractivity contribution in [1.29, 1.82) is 0 Å². The summed E-state index contributed by atoms with van der Waals surface area (Å²) in [6, 6.07) is 0.576. The number of nitrogens with zero attached hydrogens (tertiary/aromatic N) is 3. The van der Waals surface area contributed by atoms with Crippen molar-refractivity contribution in [2.24, 2.45) is 4.99 Å². The predicted octanol–water partition coefficient (Wildman–Crippen LogP) is 0.360. The molecule has 0 aliphatic heterocycles. The van der Waals surface area contributed by atoms with E-state index in [0.717, 1.165) is 26.1 Å². The van der Waals surface area contributed by atoms with Crippen LogP contribution in [0.15, 0.2) is 4.99 Å². The van der Waals surface area contributed by atoms with Gasteiger partial charge in [-0.1, -0.05) is 6.92 Å². The van der Waals surface area contributed by atoms with Crippen LogP contribution in [0, 0.1) is 0 Å². The van der Waals surface area contributed by atoms with Crippen molar-refractivity contribution in [2.45, 2.75) is 33.2 Å². The lowest BCUT2D eigenvalue weighted by atomic mass is 10.2. The molecule has 2 N–H and O–H groups in total. The summed E-state index contributed by atoms with van der Waals surface area (Å²) in [6.07, 6.45) is 1.14. The number of guanidine groups is 1. The summed E-state index contributed by atoms with van der Waals surface area (Å²) in [5.41, 5.74) is 0. The van der Waals surface area contributed by atoms with E-state index in [1.807, 2.05) is 6.92 Å². The summed E-state index contributed by atoms with van der Waals surface area (Å²) in [5, 5.41) is 6.39. The first-order valence-electron chi connectivity index (χ1n) is 7.34. The van der Waals surface area contributed by atoms with Crippen LogP contribution in [-0.4, -0.2) is 75.0 Å². The Labute approximate surface area is 123 Å². The van der Waals surface area contributed by atoms with Crippen LogP contribution in [0.2, 0.25) is 0 Å². The molecule has 6 nitrogen and oxygen atoms in total. The van der Waals surface area contributed by atoms with Crippen molar-refractivity contribution in [3.63, 3.8) is 0 Å². The predicted molar refractivity (Wildman–Crippen MR) is 85.1 cm³/mol. The third kappa shape index (κ3) is 7.99. The number of carbonyl (C=O) groups is 1. The molecule has 0 heterocycles. The lowest BCUT2D eigenvalue weighted by Gasteiger charge is -2.24. The van der Waals surface area contributed by atoms with Gasteiger partial charge in [0.15, 0.2) is 5.96 Å². The second-order valence-electron chi connectivity index (χ2n) is 5.15. The van der Waals surface area contributed by atoms with E-state index in [9.17, 15) is 4.79 Å². The van der Waals surface area contributed by atoms with Crippen LogP contribution >= 0.6 is 0 Å². The lowest BCUT2D eigenvalue weighted by molar-refractivity contribution is -0.127. The fourth-order valence-electron chi connectivity index (χ4n) is 1.51. The van der Waals surface area contributed by atoms with Gasteiger partial charge in [-0.3, -0.25) is 4.79 Å². The molecule has 0 aliphatic carbocycles. The summed E-state index contributed by atoms with van der Waals surface area (Å²) in [5.74, 6) is 0.694. The Morgan fingerprint density at radius 1 is 1.20 bits per heavy atom. The van der Waals surface area contributed by atoms with Crippen molar-refractivity contribution in [3.8, 4) is 0 Å². The van der Waals surface area contributed by atoms with Gasteiger partial charge >= 0.3 is 0 Å². The monoisotopic (exact) mass is 285 g/mol. The molecule has 0 aromatic carbocycles. The molecule has 0 rings (SSSR count). The number of hydrogen-bond acceptors (Lipinski definition) is 3. The zero-order valence-corrected chi connectivity index (χ0v) is 13.9. The minimum absolute atomic E-state index is 0.000994. The Bertz CT molecular complexity index is 304. The number of nitrogens with one attached hydrogen (secondary N) is 2. The van der Waals surface area contributed by atoms with Crippen LogP contribution in [-0.2, 0) is 4.79 Å². The third-order valence-electron chi connectivity index (χ3n) is 3.32. The normalized spacial score (nSPS) is 13.2. The van der Waals surface area contributed by atoms with E-state index in [4.69, 9.17) is 0 Å². The Morgan fingerprint density at radius 2 is 1.85 bits per heavy atom. The van der Waals surface area contributed by atoms with E-state index in [2.05, 4.69) is 41.4 Å². The molecule has 0 radical (unpaired) electrons. The second-order valence-corrected chi connectivity index (χ2v) is 5.15. The van der Waals surface area contributed by atoms with E-state index in [0.29, 0.717) is 12.0 Å². The molecule has 20 heavy (non-hydrogen) atoms. The van der Waals surface area contributed by atoms with Crippen LogP contribution < -0.4 is 10.6 Å². The topological polar surface area (TPSA) is 60.0 Å². The van der Waals surface area contributed by atoms with Crippen LogP contribution in [0.1, 0.15) is 27.2 Å². The van der Waals surface area contributed by atoms with Crippen molar-refractivity contribution in [1.82, 2.24) is 20.4 Å². The van der Waals surface area contributed by atoms with Crippen LogP contribution in [0.3, 0.4) is 0 Å². The van der Waals surface area contributed by atoms with Crippen molar-refractivity contribution in [3.05, 3.63) is 0 Å². The smallest absolute Gasteiger partial charge is 0.243 e. The second kappa shape index (κ2) is 10.5. The molecule has 1 unspecified atom stereocenters. The van der Waals surface area contributed by atoms with Gasteiger partial charge in [-0.25, -0.2) is 4.99 Å². The maximum atomic E-state index is 11.5. The largest absolute Gasteiger partial charge is 0.357 e. The molecule has 0 saturated carbocycles. The molecule has 0 aliphatic rings. The van der Waals surface area contributed by atoms with Crippen LogP contribution in [0.5, 0.6) is 0 Å². The maximum Gasteiger partial charge on any atom is 0.243 e. The highest BCUT2D eigenvalue weighted by Gasteiger charge is 2.07. The summed E-state index contributed by atoms with van der Waals surface area (Å²) in [6.45, 7) is 9.12. The van der Waals surface area contributed by atoms with Gasteiger partial charge in [0, 0.05) is 39.8 Å². The summed E-state index contributed by atoms with van der Waals surface area (Å²) in [7, 11) is 5.59. The Hall–Kier alpha value is -1.30. The van der Waals surface area contributed by atoms with Crippen molar-refractivity contribution >= 4 is 11.9 Å². The first kappa shape index (κ1) is 18.7. The van der Waals surface area contributed by atoms with Gasteiger partial charge in [0.2, 0.25) is 5.91 Å². The first-order chi connectivity index (χ1) is 9.42. The minimum Gasteiger partial charge on any atom is -0.357 e. The van der Waals surface area contributed by atoms with Gasteiger partial charge in [-0.05, 0) is 27.3 Å². The standard InChI is InChI=1S/C14H31N5O/c1-7-12(3)19(6)10-9-16-14(15-8-2)17-11-13(20)18(4)5/h12H,7-11H2,1-6H3,(H2,15,16,17). The highest BCUT2D eigenvalue weighted by atomic mass is 16.2. The number of rotatable bonds is 8. The van der Waals surface area contributed by atoms with Gasteiger partial charge < -0.3 is 20.4 Å². The third-order valence-corrected chi connectivity index (χ3v) is 3.32. The maximum absolute atomic E-state index is 11.5. The SMILES string of the molecule is CCNC(=NCC(=O)N(C)C)NCCN(C)C(C)CC. The number of amides is 1. The van der Waals surface area contributed by atoms with E-state index in [1.165, 1.54) is 0 Å². The molecule has 0 spiro atoms. The van der Waals surface area contributed by atoms with Gasteiger partial charge in [0.25, 0.3) is 0 Å². The van der Waals surface area contributed by atoms with Crippen molar-refractivity contribution < 1.29 is 4.79 Å². The number of carbonyl (C=O) groups excluding carboxylic acids is 1. The zero-order chi connectivity index (χ0) is 15.5. The molecule has 0 bridgehead atoms. The average Bonchev–Trinajstić information content (AvgIpc) is 2.42. The molecule has 118 valence electrons. The number of hydrogen-bond donors (Lipinski definition) is 2. The molecule has 6 heteroatoms. The van der Waals surface area contributed by atoms with E-state index in [1.54, 1.807) is 19.0 Å². The number of aliphatic imine (C=N–C) groups is 1. The first-order valence-corrected chi connectivity index (χ1v) is 7.34. The quantitative estimate of drug-likeness (QED) is 0.499. The molecule has 0 aromatic heterocycles. The fourth-order valence-corrected chi connectivity index (χ4v) is 1.51. The van der Waals surface area contributed by atoms with Crippen LogP contribution in [0.4, 0.5) is 0 Å². The Kier molecular flexibility index (Phi) is 9.80.